The summed E-state index contributed by atoms with van der Waals surface area (Å²) in [5.41, 5.74) is 5.51. The van der Waals surface area contributed by atoms with Crippen molar-refractivity contribution >= 4 is 10.0 Å². The van der Waals surface area contributed by atoms with E-state index in [-0.39, 0.29) is 18.1 Å². The molecule has 0 aromatic carbocycles. The highest BCUT2D eigenvalue weighted by atomic mass is 32.2. The van der Waals surface area contributed by atoms with Crippen molar-refractivity contribution in [3.63, 3.8) is 0 Å². The molecular formula is C10H14FN3O2S. The minimum absolute atomic E-state index is 0.0531. The number of hydrogen-bond acceptors (Lipinski definition) is 4. The second-order valence-corrected chi connectivity index (χ2v) is 5.88. The van der Waals surface area contributed by atoms with Crippen molar-refractivity contribution in [2.45, 2.75) is 23.7 Å². The Hall–Kier alpha value is -1.05. The van der Waals surface area contributed by atoms with Crippen molar-refractivity contribution < 1.29 is 12.8 Å². The Morgan fingerprint density at radius 1 is 1.47 bits per heavy atom. The molecule has 0 aliphatic carbocycles. The number of hydrogen-bond donors (Lipinski definition) is 1. The van der Waals surface area contributed by atoms with Crippen molar-refractivity contribution in [3.05, 3.63) is 24.4 Å². The average molecular weight is 259 g/mol. The minimum Gasteiger partial charge on any atom is -0.325 e. The highest BCUT2D eigenvalue weighted by molar-refractivity contribution is 7.89. The smallest absolute Gasteiger partial charge is 0.260 e. The normalized spacial score (nSPS) is 26.9. The Balaban J connectivity index is 2.23. The van der Waals surface area contributed by atoms with E-state index >= 15 is 0 Å². The molecule has 2 rings (SSSR count). The molecule has 5 nitrogen and oxygen atoms in total. The zero-order chi connectivity index (χ0) is 12.5. The van der Waals surface area contributed by atoms with E-state index in [9.17, 15) is 12.8 Å². The van der Waals surface area contributed by atoms with E-state index in [0.29, 0.717) is 6.42 Å². The van der Waals surface area contributed by atoms with Gasteiger partial charge in [-0.3, -0.25) is 0 Å². The van der Waals surface area contributed by atoms with Gasteiger partial charge in [0.25, 0.3) is 10.0 Å². The number of rotatable bonds is 2. The van der Waals surface area contributed by atoms with Gasteiger partial charge in [-0.25, -0.2) is 17.8 Å². The van der Waals surface area contributed by atoms with E-state index in [1.54, 1.807) is 12.1 Å². The summed E-state index contributed by atoms with van der Waals surface area (Å²) in [6.07, 6.45) is 0.408. The standard InChI is InChI=1S/C10H14FN3O2S/c11-8-7-14(6-4-9(8)12)17(15,16)10-3-1-2-5-13-10/h1-3,5,8-9H,4,6-7,12H2/t8-,9-/m1/s1. The Kier molecular flexibility index (Phi) is 3.41. The predicted octanol–water partition coefficient (Wildman–Crippen LogP) is 0.141. The molecule has 0 amide bonds. The molecule has 7 heteroatoms. The molecule has 2 atom stereocenters. The summed E-state index contributed by atoms with van der Waals surface area (Å²) < 4.78 is 38.7. The van der Waals surface area contributed by atoms with Crippen LogP contribution in [0.25, 0.3) is 0 Å². The third-order valence-corrected chi connectivity index (χ3v) is 4.58. The van der Waals surface area contributed by atoms with Gasteiger partial charge in [-0.1, -0.05) is 6.07 Å². The van der Waals surface area contributed by atoms with Gasteiger partial charge < -0.3 is 5.73 Å². The van der Waals surface area contributed by atoms with Crippen molar-refractivity contribution in [1.82, 2.24) is 9.29 Å². The van der Waals surface area contributed by atoms with Gasteiger partial charge in [0.15, 0.2) is 5.03 Å². The summed E-state index contributed by atoms with van der Waals surface area (Å²) in [6.45, 7) is 0.0422. The fraction of sp³-hybridized carbons (Fsp3) is 0.500. The van der Waals surface area contributed by atoms with Crippen molar-refractivity contribution in [3.8, 4) is 0 Å². The molecule has 1 aliphatic rings. The molecule has 1 aromatic heterocycles. The summed E-state index contributed by atoms with van der Waals surface area (Å²) in [6, 6.07) is 4.04. The van der Waals surface area contributed by atoms with Crippen LogP contribution in [0, 0.1) is 0 Å². The molecule has 1 aliphatic heterocycles. The second-order valence-electron chi connectivity index (χ2n) is 4.00. The van der Waals surface area contributed by atoms with Crippen molar-refractivity contribution in [2.75, 3.05) is 13.1 Å². The number of nitrogens with zero attached hydrogens (tertiary/aromatic N) is 2. The van der Waals surface area contributed by atoms with E-state index in [4.69, 9.17) is 5.73 Å². The lowest BCUT2D eigenvalue weighted by Crippen LogP contribution is -2.50. The Morgan fingerprint density at radius 2 is 2.24 bits per heavy atom. The van der Waals surface area contributed by atoms with Crippen LogP contribution >= 0.6 is 0 Å². The minimum atomic E-state index is -3.69. The average Bonchev–Trinajstić information content (AvgIpc) is 2.33. The third-order valence-electron chi connectivity index (χ3n) is 2.80. The highest BCUT2D eigenvalue weighted by Crippen LogP contribution is 2.19. The first-order valence-electron chi connectivity index (χ1n) is 5.32. The molecule has 1 fully saturated rings. The molecule has 2 N–H and O–H groups in total. The Bertz CT molecular complexity index is 480. The number of nitrogens with two attached hydrogens (primary N) is 1. The molecule has 0 spiro atoms. The van der Waals surface area contributed by atoms with Crippen LogP contribution in [-0.2, 0) is 10.0 Å². The van der Waals surface area contributed by atoms with Crippen molar-refractivity contribution in [1.29, 1.82) is 0 Å². The summed E-state index contributed by atoms with van der Waals surface area (Å²) in [5.74, 6) is 0. The molecule has 94 valence electrons. The van der Waals surface area contributed by atoms with Crippen LogP contribution in [-0.4, -0.2) is 43.0 Å². The number of pyridine rings is 1. The summed E-state index contributed by atoms with van der Waals surface area (Å²) in [5, 5.41) is -0.0531. The van der Waals surface area contributed by atoms with Crippen LogP contribution in [0.15, 0.2) is 29.4 Å². The van der Waals surface area contributed by atoms with E-state index in [1.165, 1.54) is 12.3 Å². The zero-order valence-electron chi connectivity index (χ0n) is 9.16. The lowest BCUT2D eigenvalue weighted by atomic mass is 10.1. The fourth-order valence-corrected chi connectivity index (χ4v) is 3.14. The molecule has 0 bridgehead atoms. The van der Waals surface area contributed by atoms with Gasteiger partial charge in [0, 0.05) is 25.3 Å². The number of alkyl halides is 1. The van der Waals surface area contributed by atoms with Crippen molar-refractivity contribution in [2.24, 2.45) is 5.73 Å². The molecule has 0 saturated carbocycles. The molecule has 1 aromatic rings. The number of halogens is 1. The second kappa shape index (κ2) is 4.67. The molecule has 2 heterocycles. The fourth-order valence-electron chi connectivity index (χ4n) is 1.75. The van der Waals surface area contributed by atoms with E-state index in [0.717, 1.165) is 4.31 Å². The first kappa shape index (κ1) is 12.4. The predicted molar refractivity (Wildman–Crippen MR) is 60.5 cm³/mol. The zero-order valence-corrected chi connectivity index (χ0v) is 9.98. The maximum absolute atomic E-state index is 13.4. The van der Waals surface area contributed by atoms with E-state index in [1.807, 2.05) is 0 Å². The Morgan fingerprint density at radius 3 is 2.82 bits per heavy atom. The monoisotopic (exact) mass is 259 g/mol. The molecular weight excluding hydrogens is 245 g/mol. The van der Waals surface area contributed by atoms with Gasteiger partial charge in [-0.15, -0.1) is 0 Å². The van der Waals surface area contributed by atoms with Gasteiger partial charge in [-0.2, -0.15) is 4.31 Å². The lowest BCUT2D eigenvalue weighted by Gasteiger charge is -2.31. The van der Waals surface area contributed by atoms with Crippen LogP contribution in [0.3, 0.4) is 0 Å². The quantitative estimate of drug-likeness (QED) is 0.819. The van der Waals surface area contributed by atoms with Crippen LogP contribution in [0.2, 0.25) is 0 Å². The van der Waals surface area contributed by atoms with Crippen LogP contribution in [0.1, 0.15) is 6.42 Å². The summed E-state index contributed by atoms with van der Waals surface area (Å²) >= 11 is 0. The SMILES string of the molecule is N[C@@H]1CCN(S(=O)(=O)c2ccccn2)C[C@H]1F. The van der Waals surface area contributed by atoms with E-state index < -0.39 is 22.2 Å². The number of piperidine rings is 1. The van der Waals surface area contributed by atoms with Gasteiger partial charge in [0.2, 0.25) is 0 Å². The topological polar surface area (TPSA) is 76.3 Å². The first-order chi connectivity index (χ1) is 8.01. The van der Waals surface area contributed by atoms with Crippen LogP contribution in [0.5, 0.6) is 0 Å². The molecule has 0 radical (unpaired) electrons. The largest absolute Gasteiger partial charge is 0.325 e. The first-order valence-corrected chi connectivity index (χ1v) is 6.76. The molecule has 17 heavy (non-hydrogen) atoms. The van der Waals surface area contributed by atoms with Crippen LogP contribution < -0.4 is 5.73 Å². The third kappa shape index (κ3) is 2.46. The van der Waals surface area contributed by atoms with E-state index in [2.05, 4.69) is 4.98 Å². The van der Waals surface area contributed by atoms with Gasteiger partial charge in [0.05, 0.1) is 0 Å². The highest BCUT2D eigenvalue weighted by Gasteiger charge is 2.34. The maximum Gasteiger partial charge on any atom is 0.260 e. The molecule has 0 unspecified atom stereocenters. The van der Waals surface area contributed by atoms with Gasteiger partial charge in [0.1, 0.15) is 6.17 Å². The van der Waals surface area contributed by atoms with Gasteiger partial charge >= 0.3 is 0 Å². The molecule has 1 saturated heterocycles. The number of sulfonamides is 1. The number of aromatic nitrogens is 1. The van der Waals surface area contributed by atoms with Crippen LogP contribution in [0.4, 0.5) is 4.39 Å². The maximum atomic E-state index is 13.4. The summed E-state index contributed by atoms with van der Waals surface area (Å²) in [7, 11) is -3.69. The van der Waals surface area contributed by atoms with Gasteiger partial charge in [-0.05, 0) is 18.6 Å². The Labute approximate surface area is 99.5 Å². The summed E-state index contributed by atoms with van der Waals surface area (Å²) in [4.78, 5) is 3.79. The lowest BCUT2D eigenvalue weighted by molar-refractivity contribution is 0.176.